The van der Waals surface area contributed by atoms with Gasteiger partial charge < -0.3 is 19.8 Å². The number of anilines is 1. The molecule has 0 amide bonds. The van der Waals surface area contributed by atoms with Gasteiger partial charge in [0.15, 0.2) is 5.76 Å². The summed E-state index contributed by atoms with van der Waals surface area (Å²) in [4.78, 5) is 11.6. The highest BCUT2D eigenvalue weighted by Gasteiger charge is 2.20. The van der Waals surface area contributed by atoms with Gasteiger partial charge in [-0.25, -0.2) is 4.98 Å². The van der Waals surface area contributed by atoms with E-state index in [1.165, 1.54) is 0 Å². The number of hydrogen-bond acceptors (Lipinski definition) is 7. The van der Waals surface area contributed by atoms with Crippen LogP contribution in [0.2, 0.25) is 0 Å². The fourth-order valence-electron chi connectivity index (χ4n) is 3.79. The maximum atomic E-state index is 8.37. The first kappa shape index (κ1) is 23.3. The van der Waals surface area contributed by atoms with E-state index in [2.05, 4.69) is 20.7 Å². The van der Waals surface area contributed by atoms with Gasteiger partial charge in [-0.1, -0.05) is 19.6 Å². The maximum Gasteiger partial charge on any atom is 0.166 e. The molecular weight excluding hydrogens is 428 g/mol. The summed E-state index contributed by atoms with van der Waals surface area (Å²) in [7, 11) is 5.16. The number of fused-ring (bicyclic) bond motifs is 1. The van der Waals surface area contributed by atoms with Crippen molar-refractivity contribution in [2.24, 2.45) is 13.0 Å². The van der Waals surface area contributed by atoms with E-state index in [0.29, 0.717) is 30.9 Å². The van der Waals surface area contributed by atoms with Crippen molar-refractivity contribution in [1.82, 2.24) is 19.7 Å². The first-order chi connectivity index (χ1) is 16.4. The van der Waals surface area contributed by atoms with Gasteiger partial charge in [0.25, 0.3) is 0 Å². The van der Waals surface area contributed by atoms with Crippen LogP contribution in [-0.2, 0) is 16.5 Å². The molecule has 8 nitrogen and oxygen atoms in total. The Labute approximate surface area is 199 Å². The van der Waals surface area contributed by atoms with Gasteiger partial charge in [-0.3, -0.25) is 9.67 Å². The average Bonchev–Trinajstić information content (AvgIpc) is 3.29. The molecule has 8 heteroatoms. The summed E-state index contributed by atoms with van der Waals surface area (Å²) < 4.78 is 12.8. The molecule has 34 heavy (non-hydrogen) atoms. The van der Waals surface area contributed by atoms with Crippen LogP contribution in [0.3, 0.4) is 0 Å². The SMILES string of the molecule is COC1=C=C(N(CCC(=N)C(C)C)c2ccc3ncc(-c4cnn(C)c4)nc3c2)CC(OC)=C1. The zero-order chi connectivity index (χ0) is 24.2. The van der Waals surface area contributed by atoms with Gasteiger partial charge in [0.2, 0.25) is 0 Å². The van der Waals surface area contributed by atoms with Crippen LogP contribution in [0.4, 0.5) is 5.69 Å². The number of methoxy groups -OCH3 is 2. The molecular formula is C26H30N6O2. The van der Waals surface area contributed by atoms with E-state index in [1.807, 2.05) is 51.4 Å². The molecule has 0 atom stereocenters. The first-order valence-corrected chi connectivity index (χ1v) is 11.3. The quantitative estimate of drug-likeness (QED) is 0.364. The number of aryl methyl sites for hydroxylation is 1. The third-order valence-corrected chi connectivity index (χ3v) is 5.85. The maximum absolute atomic E-state index is 8.37. The van der Waals surface area contributed by atoms with Crippen LogP contribution < -0.4 is 4.90 Å². The average molecular weight is 459 g/mol. The summed E-state index contributed by atoms with van der Waals surface area (Å²) in [6, 6.07) is 6.04. The lowest BCUT2D eigenvalue weighted by Gasteiger charge is -2.28. The summed E-state index contributed by atoms with van der Waals surface area (Å²) in [5.74, 6) is 1.61. The monoisotopic (exact) mass is 458 g/mol. The number of benzene rings is 1. The van der Waals surface area contributed by atoms with Gasteiger partial charge in [0.1, 0.15) is 5.76 Å². The molecule has 2 heterocycles. The van der Waals surface area contributed by atoms with Crippen molar-refractivity contribution in [3.63, 3.8) is 0 Å². The highest BCUT2D eigenvalue weighted by molar-refractivity contribution is 5.84. The molecule has 0 unspecified atom stereocenters. The summed E-state index contributed by atoms with van der Waals surface area (Å²) >= 11 is 0. The van der Waals surface area contributed by atoms with E-state index < -0.39 is 0 Å². The zero-order valence-electron chi connectivity index (χ0n) is 20.3. The minimum absolute atomic E-state index is 0.200. The second-order valence-corrected chi connectivity index (χ2v) is 8.54. The van der Waals surface area contributed by atoms with Gasteiger partial charge in [-0.2, -0.15) is 5.10 Å². The third-order valence-electron chi connectivity index (χ3n) is 5.85. The number of rotatable bonds is 9. The molecule has 0 radical (unpaired) electrons. The predicted molar refractivity (Wildman–Crippen MR) is 134 cm³/mol. The number of hydrogen-bond donors (Lipinski definition) is 1. The Balaban J connectivity index is 1.76. The second kappa shape index (κ2) is 9.93. The molecule has 2 aromatic heterocycles. The minimum Gasteiger partial charge on any atom is -0.501 e. The third kappa shape index (κ3) is 5.02. The molecule has 176 valence electrons. The smallest absolute Gasteiger partial charge is 0.166 e. The number of nitrogens with zero attached hydrogens (tertiary/aromatic N) is 5. The standard InChI is InChI=1S/C26H30N6O2/c1-17(2)23(27)8-9-32(20-10-21(33-4)13-22(11-20)34-5)19-6-7-24-25(12-19)30-26(15-28-24)18-14-29-31(3)16-18/h6-7,12-17,27H,8-10H2,1-5H3. The predicted octanol–water partition coefficient (Wildman–Crippen LogP) is 4.85. The van der Waals surface area contributed by atoms with Gasteiger partial charge in [-0.05, 0) is 24.1 Å². The lowest BCUT2D eigenvalue weighted by Crippen LogP contribution is -2.27. The fraction of sp³-hybridized carbons (Fsp3) is 0.346. The van der Waals surface area contributed by atoms with E-state index in [0.717, 1.165) is 39.4 Å². The summed E-state index contributed by atoms with van der Waals surface area (Å²) in [5, 5.41) is 12.6. The number of ether oxygens (including phenoxy) is 2. The normalized spacial score (nSPS) is 13.4. The van der Waals surface area contributed by atoms with Crippen LogP contribution in [0.25, 0.3) is 22.3 Å². The van der Waals surface area contributed by atoms with Crippen molar-refractivity contribution in [2.45, 2.75) is 26.7 Å². The molecule has 3 aromatic rings. The molecule has 1 aliphatic rings. The summed E-state index contributed by atoms with van der Waals surface area (Å²) in [6.45, 7) is 4.73. The topological polar surface area (TPSA) is 89.2 Å². The van der Waals surface area contributed by atoms with E-state index in [4.69, 9.17) is 19.9 Å². The van der Waals surface area contributed by atoms with Gasteiger partial charge in [0.05, 0.1) is 55.5 Å². The Kier molecular flexibility index (Phi) is 6.80. The molecule has 0 aliphatic heterocycles. The van der Waals surface area contributed by atoms with Crippen molar-refractivity contribution in [3.05, 3.63) is 65.8 Å². The van der Waals surface area contributed by atoms with Crippen molar-refractivity contribution >= 4 is 22.4 Å². The van der Waals surface area contributed by atoms with Crippen LogP contribution in [0.1, 0.15) is 26.7 Å². The lowest BCUT2D eigenvalue weighted by molar-refractivity contribution is 0.265. The van der Waals surface area contributed by atoms with Crippen LogP contribution in [0, 0.1) is 11.3 Å². The van der Waals surface area contributed by atoms with Crippen molar-refractivity contribution in [2.75, 3.05) is 25.7 Å². The molecule has 1 aliphatic carbocycles. The van der Waals surface area contributed by atoms with Crippen molar-refractivity contribution in [3.8, 4) is 11.3 Å². The number of nitrogens with one attached hydrogen (secondary N) is 1. The first-order valence-electron chi connectivity index (χ1n) is 11.3. The minimum atomic E-state index is 0.200. The molecule has 4 rings (SSSR count). The zero-order valence-corrected chi connectivity index (χ0v) is 20.3. The molecule has 0 saturated carbocycles. The lowest BCUT2D eigenvalue weighted by atomic mass is 10.0. The van der Waals surface area contributed by atoms with Crippen LogP contribution in [0.5, 0.6) is 0 Å². The second-order valence-electron chi connectivity index (χ2n) is 8.54. The Hall–Kier alpha value is -3.90. The van der Waals surface area contributed by atoms with E-state index in [1.54, 1.807) is 31.3 Å². The van der Waals surface area contributed by atoms with E-state index in [-0.39, 0.29) is 5.92 Å². The largest absolute Gasteiger partial charge is 0.501 e. The van der Waals surface area contributed by atoms with Crippen LogP contribution >= 0.6 is 0 Å². The van der Waals surface area contributed by atoms with Gasteiger partial charge in [0, 0.05) is 49.2 Å². The Morgan fingerprint density at radius 3 is 2.71 bits per heavy atom. The van der Waals surface area contributed by atoms with Gasteiger partial charge >= 0.3 is 0 Å². The van der Waals surface area contributed by atoms with Crippen LogP contribution in [-0.4, -0.2) is 46.2 Å². The number of aromatic nitrogens is 4. The highest BCUT2D eigenvalue weighted by Crippen LogP contribution is 2.30. The van der Waals surface area contributed by atoms with E-state index in [9.17, 15) is 0 Å². The van der Waals surface area contributed by atoms with E-state index >= 15 is 0 Å². The van der Waals surface area contributed by atoms with Gasteiger partial charge in [-0.15, -0.1) is 0 Å². The molecule has 0 saturated heterocycles. The van der Waals surface area contributed by atoms with Crippen LogP contribution in [0.15, 0.2) is 65.8 Å². The molecule has 1 N–H and O–H groups in total. The fourth-order valence-corrected chi connectivity index (χ4v) is 3.79. The molecule has 1 aromatic carbocycles. The Morgan fingerprint density at radius 2 is 2.03 bits per heavy atom. The molecule has 0 bridgehead atoms. The Bertz CT molecular complexity index is 1310. The highest BCUT2D eigenvalue weighted by atomic mass is 16.5. The summed E-state index contributed by atoms with van der Waals surface area (Å²) in [5.41, 5.74) is 9.25. The molecule has 0 spiro atoms. The Morgan fingerprint density at radius 1 is 1.21 bits per heavy atom. The molecule has 0 fully saturated rings. The summed E-state index contributed by atoms with van der Waals surface area (Å²) in [6.07, 6.45) is 8.55. The van der Waals surface area contributed by atoms with Crippen molar-refractivity contribution < 1.29 is 9.47 Å². The van der Waals surface area contributed by atoms with Crippen molar-refractivity contribution in [1.29, 1.82) is 5.41 Å².